The van der Waals surface area contributed by atoms with Crippen LogP contribution in [0.5, 0.6) is 0 Å². The topological polar surface area (TPSA) is 40.5 Å². The molecule has 0 saturated heterocycles. The molecule has 1 rings (SSSR count). The zero-order chi connectivity index (χ0) is 15.3. The summed E-state index contributed by atoms with van der Waals surface area (Å²) in [6, 6.07) is 6.26. The van der Waals surface area contributed by atoms with Gasteiger partial charge in [0.15, 0.2) is 0 Å². The number of alkyl halides is 2. The summed E-state index contributed by atoms with van der Waals surface area (Å²) in [7, 11) is 0. The van der Waals surface area contributed by atoms with E-state index in [4.69, 9.17) is 5.11 Å². The van der Waals surface area contributed by atoms with Crippen molar-refractivity contribution in [2.45, 2.75) is 45.7 Å². The van der Waals surface area contributed by atoms with E-state index in [9.17, 15) is 13.6 Å². The average Bonchev–Trinajstić information content (AvgIpc) is 2.33. The molecule has 112 valence electrons. The van der Waals surface area contributed by atoms with Crippen molar-refractivity contribution >= 4 is 5.97 Å². The van der Waals surface area contributed by atoms with Gasteiger partial charge in [0, 0.05) is 24.2 Å². The number of carboxylic acid groups (broad SMARTS) is 1. The minimum Gasteiger partial charge on any atom is -0.481 e. The summed E-state index contributed by atoms with van der Waals surface area (Å²) < 4.78 is 25.4. The summed E-state index contributed by atoms with van der Waals surface area (Å²) in [5.41, 5.74) is 0.536. The number of rotatable bonds is 6. The van der Waals surface area contributed by atoms with E-state index < -0.39 is 12.4 Å². The van der Waals surface area contributed by atoms with Crippen molar-refractivity contribution in [3.05, 3.63) is 35.4 Å². The molecule has 0 aliphatic carbocycles. The molecule has 0 fully saturated rings. The summed E-state index contributed by atoms with van der Waals surface area (Å²) >= 11 is 0. The van der Waals surface area contributed by atoms with Crippen LogP contribution in [0.15, 0.2) is 24.3 Å². The van der Waals surface area contributed by atoms with Gasteiger partial charge in [0.1, 0.15) is 0 Å². The molecule has 1 aromatic rings. The van der Waals surface area contributed by atoms with Crippen LogP contribution in [0.25, 0.3) is 0 Å². The number of carboxylic acids is 1. The number of hydrogen-bond donors (Lipinski definition) is 1. The third-order valence-corrected chi connectivity index (χ3v) is 3.12. The first-order valence-corrected chi connectivity index (χ1v) is 6.54. The number of carbonyl (C=O) groups is 1. The predicted octanol–water partition coefficient (Wildman–Crippen LogP) is 3.70. The molecule has 0 saturated carbocycles. The second-order valence-corrected chi connectivity index (χ2v) is 5.78. The van der Waals surface area contributed by atoms with Crippen molar-refractivity contribution < 1.29 is 18.7 Å². The van der Waals surface area contributed by atoms with Gasteiger partial charge in [0.25, 0.3) is 6.43 Å². The van der Waals surface area contributed by atoms with Gasteiger partial charge in [-0.05, 0) is 32.4 Å². The van der Waals surface area contributed by atoms with Gasteiger partial charge in [-0.25, -0.2) is 8.78 Å². The predicted molar refractivity (Wildman–Crippen MR) is 73.8 cm³/mol. The molecule has 0 aliphatic heterocycles. The highest BCUT2D eigenvalue weighted by molar-refractivity contribution is 5.66. The van der Waals surface area contributed by atoms with E-state index in [0.717, 1.165) is 5.56 Å². The lowest BCUT2D eigenvalue weighted by Crippen LogP contribution is -2.42. The lowest BCUT2D eigenvalue weighted by Gasteiger charge is -2.35. The van der Waals surface area contributed by atoms with E-state index in [-0.39, 0.29) is 17.5 Å². The van der Waals surface area contributed by atoms with Crippen molar-refractivity contribution in [1.29, 1.82) is 0 Å². The van der Waals surface area contributed by atoms with Gasteiger partial charge < -0.3 is 5.11 Å². The van der Waals surface area contributed by atoms with Crippen molar-refractivity contribution in [2.24, 2.45) is 0 Å². The Morgan fingerprint density at radius 2 is 2.00 bits per heavy atom. The van der Waals surface area contributed by atoms with Gasteiger partial charge in [-0.15, -0.1) is 0 Å². The lowest BCUT2D eigenvalue weighted by molar-refractivity contribution is -0.137. The first-order valence-electron chi connectivity index (χ1n) is 6.54. The Labute approximate surface area is 118 Å². The maximum atomic E-state index is 12.7. The second-order valence-electron chi connectivity index (χ2n) is 5.78. The largest absolute Gasteiger partial charge is 0.481 e. The molecular formula is C15H21F2NO2. The Kier molecular flexibility index (Phi) is 5.62. The van der Waals surface area contributed by atoms with Gasteiger partial charge in [0.05, 0.1) is 6.42 Å². The van der Waals surface area contributed by atoms with E-state index in [1.54, 1.807) is 12.1 Å². The molecule has 1 aromatic carbocycles. The third kappa shape index (κ3) is 5.25. The van der Waals surface area contributed by atoms with Crippen LogP contribution in [0, 0.1) is 0 Å². The minimum atomic E-state index is -2.49. The quantitative estimate of drug-likeness (QED) is 0.866. The van der Waals surface area contributed by atoms with Gasteiger partial charge >= 0.3 is 5.97 Å². The first-order chi connectivity index (χ1) is 9.20. The zero-order valence-corrected chi connectivity index (χ0v) is 12.1. The number of aliphatic carboxylic acids is 1. The van der Waals surface area contributed by atoms with E-state index >= 15 is 0 Å². The van der Waals surface area contributed by atoms with Gasteiger partial charge in [0.2, 0.25) is 0 Å². The summed E-state index contributed by atoms with van der Waals surface area (Å²) in [5, 5.41) is 8.79. The molecule has 0 atom stereocenters. The number of hydrogen-bond acceptors (Lipinski definition) is 2. The highest BCUT2D eigenvalue weighted by atomic mass is 19.3. The fraction of sp³-hybridized carbons (Fsp3) is 0.533. The van der Waals surface area contributed by atoms with Crippen molar-refractivity contribution in [3.8, 4) is 0 Å². The molecule has 0 radical (unpaired) electrons. The minimum absolute atomic E-state index is 0.00501. The Bertz CT molecular complexity index is 455. The molecule has 0 spiro atoms. The maximum Gasteiger partial charge on any atom is 0.304 e. The van der Waals surface area contributed by atoms with E-state index in [1.165, 1.54) is 12.1 Å². The standard InChI is InChI=1S/C15H21F2NO2/c1-15(2,3)18(8-7-13(19)20)10-11-5-4-6-12(9-11)14(16)17/h4-6,9,14H,7-8,10H2,1-3H3,(H,19,20). The van der Waals surface area contributed by atoms with Crippen molar-refractivity contribution in [2.75, 3.05) is 6.54 Å². The van der Waals surface area contributed by atoms with Gasteiger partial charge in [-0.3, -0.25) is 9.69 Å². The lowest BCUT2D eigenvalue weighted by atomic mass is 10.0. The van der Waals surface area contributed by atoms with Crippen LogP contribution in [0.4, 0.5) is 8.78 Å². The molecule has 20 heavy (non-hydrogen) atoms. The fourth-order valence-corrected chi connectivity index (χ4v) is 1.93. The second kappa shape index (κ2) is 6.79. The molecule has 0 aromatic heterocycles. The van der Waals surface area contributed by atoms with Crippen molar-refractivity contribution in [3.63, 3.8) is 0 Å². The highest BCUT2D eigenvalue weighted by Crippen LogP contribution is 2.22. The first kappa shape index (κ1) is 16.6. The van der Waals surface area contributed by atoms with E-state index in [2.05, 4.69) is 0 Å². The Morgan fingerprint density at radius 3 is 2.50 bits per heavy atom. The Hall–Kier alpha value is -1.49. The molecule has 0 heterocycles. The Balaban J connectivity index is 2.84. The molecule has 0 aliphatic rings. The van der Waals surface area contributed by atoms with Crippen LogP contribution in [0.2, 0.25) is 0 Å². The van der Waals surface area contributed by atoms with Crippen LogP contribution in [0.1, 0.15) is 44.7 Å². The smallest absolute Gasteiger partial charge is 0.304 e. The maximum absolute atomic E-state index is 12.7. The van der Waals surface area contributed by atoms with Gasteiger partial charge in [-0.1, -0.05) is 18.2 Å². The molecule has 5 heteroatoms. The summed E-state index contributed by atoms with van der Waals surface area (Å²) in [5.74, 6) is -0.861. The Morgan fingerprint density at radius 1 is 1.35 bits per heavy atom. The monoisotopic (exact) mass is 285 g/mol. The van der Waals surface area contributed by atoms with Crippen LogP contribution in [0.3, 0.4) is 0 Å². The fourth-order valence-electron chi connectivity index (χ4n) is 1.93. The average molecular weight is 285 g/mol. The molecule has 3 nitrogen and oxygen atoms in total. The number of halogens is 2. The molecular weight excluding hydrogens is 264 g/mol. The molecule has 1 N–H and O–H groups in total. The zero-order valence-electron chi connectivity index (χ0n) is 12.1. The van der Waals surface area contributed by atoms with Crippen molar-refractivity contribution in [1.82, 2.24) is 4.90 Å². The normalized spacial score (nSPS) is 12.2. The third-order valence-electron chi connectivity index (χ3n) is 3.12. The summed E-state index contributed by atoms with van der Waals surface area (Å²) in [6.07, 6.45) is -2.46. The summed E-state index contributed by atoms with van der Waals surface area (Å²) in [6.45, 7) is 6.78. The number of nitrogens with zero attached hydrogens (tertiary/aromatic N) is 1. The van der Waals surface area contributed by atoms with Crippen LogP contribution in [-0.2, 0) is 11.3 Å². The summed E-state index contributed by atoms with van der Waals surface area (Å²) in [4.78, 5) is 12.7. The molecule has 0 bridgehead atoms. The highest BCUT2D eigenvalue weighted by Gasteiger charge is 2.22. The van der Waals surface area contributed by atoms with Crippen LogP contribution in [-0.4, -0.2) is 28.1 Å². The molecule has 0 amide bonds. The van der Waals surface area contributed by atoms with Crippen LogP contribution >= 0.6 is 0 Å². The van der Waals surface area contributed by atoms with E-state index in [0.29, 0.717) is 13.1 Å². The van der Waals surface area contributed by atoms with Gasteiger partial charge in [-0.2, -0.15) is 0 Å². The molecule has 0 unspecified atom stereocenters. The number of benzene rings is 1. The van der Waals surface area contributed by atoms with Crippen LogP contribution < -0.4 is 0 Å². The SMILES string of the molecule is CC(C)(C)N(CCC(=O)O)Cc1cccc(C(F)F)c1. The van der Waals surface area contributed by atoms with E-state index in [1.807, 2.05) is 25.7 Å².